The lowest BCUT2D eigenvalue weighted by Crippen LogP contribution is -2.32. The SMILES string of the molecule is Cn1c(C(=O)OC(C(=O)NCc2ccccc2)c2ccncc2)cc2occc21. The van der Waals surface area contributed by atoms with Gasteiger partial charge in [-0.15, -0.1) is 0 Å². The zero-order valence-electron chi connectivity index (χ0n) is 15.7. The molecule has 0 fully saturated rings. The Kier molecular flexibility index (Phi) is 5.11. The number of amides is 1. The number of ether oxygens (including phenoxy) is 1. The Hall–Kier alpha value is -3.87. The molecule has 0 saturated carbocycles. The Morgan fingerprint density at radius 3 is 2.62 bits per heavy atom. The molecule has 1 aromatic carbocycles. The number of carbonyl (C=O) groups is 2. The average molecular weight is 389 g/mol. The summed E-state index contributed by atoms with van der Waals surface area (Å²) in [6, 6.07) is 16.2. The molecule has 1 N–H and O–H groups in total. The second-order valence-electron chi connectivity index (χ2n) is 6.53. The van der Waals surface area contributed by atoms with Crippen LogP contribution in [-0.4, -0.2) is 21.4 Å². The first-order chi connectivity index (χ1) is 14.1. The highest BCUT2D eigenvalue weighted by Crippen LogP contribution is 2.24. The highest BCUT2D eigenvalue weighted by Gasteiger charge is 2.27. The number of pyridine rings is 1. The molecule has 7 nitrogen and oxygen atoms in total. The summed E-state index contributed by atoms with van der Waals surface area (Å²) in [7, 11) is 1.74. The quantitative estimate of drug-likeness (QED) is 0.511. The minimum Gasteiger partial charge on any atom is -0.463 e. The third-order valence-electron chi connectivity index (χ3n) is 4.65. The predicted octanol–water partition coefficient (Wildman–Crippen LogP) is 3.38. The van der Waals surface area contributed by atoms with Gasteiger partial charge in [-0.25, -0.2) is 4.79 Å². The van der Waals surface area contributed by atoms with Crippen LogP contribution in [0.15, 0.2) is 77.7 Å². The van der Waals surface area contributed by atoms with E-state index in [4.69, 9.17) is 9.15 Å². The van der Waals surface area contributed by atoms with Crippen LogP contribution >= 0.6 is 0 Å². The van der Waals surface area contributed by atoms with Gasteiger partial charge in [0.15, 0.2) is 5.58 Å². The molecule has 0 spiro atoms. The molecular weight excluding hydrogens is 370 g/mol. The van der Waals surface area contributed by atoms with Gasteiger partial charge in [-0.1, -0.05) is 30.3 Å². The molecule has 1 atom stereocenters. The van der Waals surface area contributed by atoms with Crippen LogP contribution in [0.2, 0.25) is 0 Å². The predicted molar refractivity (Wildman–Crippen MR) is 106 cm³/mol. The summed E-state index contributed by atoms with van der Waals surface area (Å²) in [6.45, 7) is 0.329. The molecule has 0 aliphatic heterocycles. The molecule has 0 radical (unpaired) electrons. The van der Waals surface area contributed by atoms with Crippen LogP contribution in [0.3, 0.4) is 0 Å². The number of hydrogen-bond donors (Lipinski definition) is 1. The molecule has 1 amide bonds. The van der Waals surface area contributed by atoms with Gasteiger partial charge < -0.3 is 19.0 Å². The first kappa shape index (κ1) is 18.5. The fraction of sp³-hybridized carbons (Fsp3) is 0.136. The number of furan rings is 1. The molecule has 1 unspecified atom stereocenters. The molecule has 146 valence electrons. The smallest absolute Gasteiger partial charge is 0.356 e. The Bertz CT molecular complexity index is 1130. The Balaban J connectivity index is 1.55. The van der Waals surface area contributed by atoms with Crippen LogP contribution in [-0.2, 0) is 23.1 Å². The normalized spacial score (nSPS) is 11.9. The lowest BCUT2D eigenvalue weighted by Gasteiger charge is -2.18. The topological polar surface area (TPSA) is 86.4 Å². The number of fused-ring (bicyclic) bond motifs is 1. The fourth-order valence-corrected chi connectivity index (χ4v) is 3.10. The van der Waals surface area contributed by atoms with E-state index in [2.05, 4.69) is 10.3 Å². The van der Waals surface area contributed by atoms with Crippen LogP contribution in [0.4, 0.5) is 0 Å². The van der Waals surface area contributed by atoms with Gasteiger partial charge in [0.2, 0.25) is 6.10 Å². The summed E-state index contributed by atoms with van der Waals surface area (Å²) in [4.78, 5) is 29.6. The van der Waals surface area contributed by atoms with Gasteiger partial charge in [0.05, 0.1) is 11.8 Å². The van der Waals surface area contributed by atoms with E-state index in [1.165, 1.54) is 0 Å². The van der Waals surface area contributed by atoms with Crippen LogP contribution in [0.1, 0.15) is 27.7 Å². The second kappa shape index (κ2) is 8.02. The monoisotopic (exact) mass is 389 g/mol. The number of rotatable bonds is 6. The van der Waals surface area contributed by atoms with E-state index in [0.29, 0.717) is 23.4 Å². The number of carbonyl (C=O) groups excluding carboxylic acids is 2. The zero-order valence-corrected chi connectivity index (χ0v) is 15.7. The van der Waals surface area contributed by atoms with Crippen molar-refractivity contribution >= 4 is 23.0 Å². The molecule has 0 aliphatic rings. The van der Waals surface area contributed by atoms with Gasteiger partial charge in [0, 0.05) is 43.7 Å². The summed E-state index contributed by atoms with van der Waals surface area (Å²) >= 11 is 0. The van der Waals surface area contributed by atoms with Gasteiger partial charge in [-0.2, -0.15) is 0 Å². The second-order valence-corrected chi connectivity index (χ2v) is 6.53. The Labute approximate surface area is 166 Å². The van der Waals surface area contributed by atoms with E-state index < -0.39 is 18.0 Å². The maximum atomic E-state index is 12.9. The van der Waals surface area contributed by atoms with Gasteiger partial charge in [0.25, 0.3) is 5.91 Å². The van der Waals surface area contributed by atoms with Crippen molar-refractivity contribution in [2.24, 2.45) is 7.05 Å². The lowest BCUT2D eigenvalue weighted by molar-refractivity contribution is -0.130. The van der Waals surface area contributed by atoms with E-state index in [1.807, 2.05) is 30.3 Å². The van der Waals surface area contributed by atoms with E-state index in [1.54, 1.807) is 54.5 Å². The molecule has 0 aliphatic carbocycles. The zero-order chi connectivity index (χ0) is 20.2. The summed E-state index contributed by atoms with van der Waals surface area (Å²) in [6.07, 6.45) is 3.55. The first-order valence-electron chi connectivity index (χ1n) is 9.09. The first-order valence-corrected chi connectivity index (χ1v) is 9.09. The summed E-state index contributed by atoms with van der Waals surface area (Å²) in [5.41, 5.74) is 3.13. The van der Waals surface area contributed by atoms with Crippen LogP contribution in [0, 0.1) is 0 Å². The maximum absolute atomic E-state index is 12.9. The summed E-state index contributed by atoms with van der Waals surface area (Å²) in [5.74, 6) is -1.03. The highest BCUT2D eigenvalue weighted by atomic mass is 16.5. The van der Waals surface area contributed by atoms with Crippen LogP contribution in [0.25, 0.3) is 11.1 Å². The van der Waals surface area contributed by atoms with Crippen LogP contribution < -0.4 is 5.32 Å². The van der Waals surface area contributed by atoms with E-state index in [9.17, 15) is 9.59 Å². The number of benzene rings is 1. The van der Waals surface area contributed by atoms with Gasteiger partial charge in [0.1, 0.15) is 5.69 Å². The third-order valence-corrected chi connectivity index (χ3v) is 4.65. The molecule has 3 heterocycles. The van der Waals surface area contributed by atoms with Crippen molar-refractivity contribution in [1.82, 2.24) is 14.9 Å². The van der Waals surface area contributed by atoms with E-state index in [0.717, 1.165) is 11.1 Å². The van der Waals surface area contributed by atoms with Gasteiger partial charge in [-0.05, 0) is 17.7 Å². The minimum absolute atomic E-state index is 0.300. The summed E-state index contributed by atoms with van der Waals surface area (Å²) in [5, 5.41) is 2.83. The molecular formula is C22H19N3O4. The number of esters is 1. The number of nitrogens with one attached hydrogen (secondary N) is 1. The minimum atomic E-state index is -1.10. The van der Waals surface area contributed by atoms with Crippen LogP contribution in [0.5, 0.6) is 0 Å². The van der Waals surface area contributed by atoms with Crippen molar-refractivity contribution in [3.05, 3.63) is 90.1 Å². The molecule has 7 heteroatoms. The van der Waals surface area contributed by atoms with Crippen molar-refractivity contribution in [3.8, 4) is 0 Å². The lowest BCUT2D eigenvalue weighted by atomic mass is 10.1. The Morgan fingerprint density at radius 2 is 1.90 bits per heavy atom. The van der Waals surface area contributed by atoms with Crippen molar-refractivity contribution in [1.29, 1.82) is 0 Å². The third kappa shape index (κ3) is 3.89. The number of aromatic nitrogens is 2. The fourth-order valence-electron chi connectivity index (χ4n) is 3.10. The molecule has 0 saturated heterocycles. The summed E-state index contributed by atoms with van der Waals surface area (Å²) < 4.78 is 12.6. The molecule has 4 aromatic rings. The molecule has 29 heavy (non-hydrogen) atoms. The maximum Gasteiger partial charge on any atom is 0.356 e. The Morgan fingerprint density at radius 1 is 1.14 bits per heavy atom. The van der Waals surface area contributed by atoms with Gasteiger partial charge >= 0.3 is 5.97 Å². The standard InChI is InChI=1S/C22H19N3O4/c1-25-17-9-12-28-19(17)13-18(25)22(27)29-20(16-7-10-23-11-8-16)21(26)24-14-15-5-3-2-4-6-15/h2-13,20H,14H2,1H3,(H,24,26). The molecule has 3 aromatic heterocycles. The molecule has 4 rings (SSSR count). The largest absolute Gasteiger partial charge is 0.463 e. The van der Waals surface area contributed by atoms with Crippen molar-refractivity contribution < 1.29 is 18.7 Å². The number of nitrogens with zero attached hydrogens (tertiary/aromatic N) is 2. The average Bonchev–Trinajstić information content (AvgIpc) is 3.34. The van der Waals surface area contributed by atoms with Crippen molar-refractivity contribution in [2.45, 2.75) is 12.6 Å². The van der Waals surface area contributed by atoms with E-state index in [-0.39, 0.29) is 0 Å². The van der Waals surface area contributed by atoms with E-state index >= 15 is 0 Å². The van der Waals surface area contributed by atoms with Crippen molar-refractivity contribution in [2.75, 3.05) is 0 Å². The van der Waals surface area contributed by atoms with Gasteiger partial charge in [-0.3, -0.25) is 9.78 Å². The molecule has 0 bridgehead atoms. The highest BCUT2D eigenvalue weighted by molar-refractivity contribution is 5.95. The van der Waals surface area contributed by atoms with Crippen molar-refractivity contribution in [3.63, 3.8) is 0 Å². The number of hydrogen-bond acceptors (Lipinski definition) is 5. The number of aryl methyl sites for hydroxylation is 1.